The number of aryl methyl sites for hydroxylation is 1. The number of fused-ring (bicyclic) bond motifs is 2. The monoisotopic (exact) mass is 451 g/mol. The number of pyridine rings is 2. The molecular weight excluding hydrogens is 435 g/mol. The highest BCUT2D eigenvalue weighted by Gasteiger charge is 2.37. The average molecular weight is 451 g/mol. The SMILES string of the molecule is Cn1cc2cc(-c3cc(C(F)(F)F)c4c(N)c(S(=O)C5CCC5)sc4n3)cnc2n1. The van der Waals surface area contributed by atoms with E-state index in [0.29, 0.717) is 16.6 Å². The number of nitrogen functional groups attached to an aromatic ring is 1. The van der Waals surface area contributed by atoms with Gasteiger partial charge in [0.2, 0.25) is 0 Å². The van der Waals surface area contributed by atoms with Crippen LogP contribution in [0.2, 0.25) is 0 Å². The molecule has 4 aromatic heterocycles. The summed E-state index contributed by atoms with van der Waals surface area (Å²) < 4.78 is 56.4. The lowest BCUT2D eigenvalue weighted by Gasteiger charge is -2.23. The van der Waals surface area contributed by atoms with Crippen LogP contribution in [0.3, 0.4) is 0 Å². The second-order valence-electron chi connectivity index (χ2n) is 7.33. The lowest BCUT2D eigenvalue weighted by atomic mass is 10.0. The summed E-state index contributed by atoms with van der Waals surface area (Å²) in [4.78, 5) is 8.79. The molecule has 0 saturated heterocycles. The van der Waals surface area contributed by atoms with Crippen molar-refractivity contribution in [3.05, 3.63) is 30.1 Å². The smallest absolute Gasteiger partial charge is 0.396 e. The predicted octanol–water partition coefficient (Wildman–Crippen LogP) is 4.51. The van der Waals surface area contributed by atoms with E-state index in [9.17, 15) is 17.4 Å². The molecule has 1 fully saturated rings. The molecule has 0 aromatic carbocycles. The summed E-state index contributed by atoms with van der Waals surface area (Å²) in [6.45, 7) is 0. The maximum absolute atomic E-state index is 13.9. The van der Waals surface area contributed by atoms with Crippen molar-refractivity contribution >= 4 is 49.1 Å². The van der Waals surface area contributed by atoms with E-state index >= 15 is 0 Å². The molecule has 1 atom stereocenters. The lowest BCUT2D eigenvalue weighted by molar-refractivity contribution is -0.136. The number of hydrogen-bond acceptors (Lipinski definition) is 6. The van der Waals surface area contributed by atoms with E-state index < -0.39 is 22.5 Å². The van der Waals surface area contributed by atoms with Crippen LogP contribution < -0.4 is 5.73 Å². The third-order valence-corrected chi connectivity index (χ3v) is 8.58. The van der Waals surface area contributed by atoms with Crippen LogP contribution in [-0.2, 0) is 24.0 Å². The Balaban J connectivity index is 1.72. The second kappa shape index (κ2) is 6.74. The first kappa shape index (κ1) is 19.4. The first-order valence-corrected chi connectivity index (χ1v) is 11.3. The molecular formula is C19H16F3N5OS2. The number of rotatable bonds is 3. The van der Waals surface area contributed by atoms with E-state index in [1.54, 1.807) is 24.0 Å². The molecule has 2 N–H and O–H groups in total. The first-order chi connectivity index (χ1) is 14.2. The molecule has 4 heterocycles. The third kappa shape index (κ3) is 3.07. The Morgan fingerprint density at radius 2 is 2.07 bits per heavy atom. The molecule has 0 aliphatic heterocycles. The molecule has 0 spiro atoms. The molecule has 0 radical (unpaired) electrons. The van der Waals surface area contributed by atoms with Gasteiger partial charge in [0, 0.05) is 41.0 Å². The number of alkyl halides is 3. The van der Waals surface area contributed by atoms with E-state index in [-0.39, 0.29) is 31.1 Å². The van der Waals surface area contributed by atoms with Crippen LogP contribution >= 0.6 is 11.3 Å². The van der Waals surface area contributed by atoms with Gasteiger partial charge in [-0.1, -0.05) is 6.42 Å². The zero-order valence-corrected chi connectivity index (χ0v) is 17.4. The van der Waals surface area contributed by atoms with Crippen molar-refractivity contribution in [2.45, 2.75) is 34.9 Å². The van der Waals surface area contributed by atoms with E-state index in [2.05, 4.69) is 15.1 Å². The summed E-state index contributed by atoms with van der Waals surface area (Å²) in [7, 11) is 0.317. The van der Waals surface area contributed by atoms with Crippen LogP contribution in [0.5, 0.6) is 0 Å². The van der Waals surface area contributed by atoms with Gasteiger partial charge in [0.05, 0.1) is 27.7 Å². The van der Waals surface area contributed by atoms with E-state index in [0.717, 1.165) is 36.7 Å². The zero-order valence-electron chi connectivity index (χ0n) is 15.7. The number of nitrogens with two attached hydrogens (primary N) is 1. The largest absolute Gasteiger partial charge is 0.417 e. The average Bonchev–Trinajstić information content (AvgIpc) is 3.17. The minimum Gasteiger partial charge on any atom is -0.396 e. The summed E-state index contributed by atoms with van der Waals surface area (Å²) in [5.41, 5.74) is 6.19. The Labute approximate surface area is 175 Å². The number of thiophene rings is 1. The third-order valence-electron chi connectivity index (χ3n) is 5.28. The minimum atomic E-state index is -4.63. The van der Waals surface area contributed by atoms with Crippen LogP contribution in [0.1, 0.15) is 24.8 Å². The maximum atomic E-state index is 13.9. The summed E-state index contributed by atoms with van der Waals surface area (Å²) in [5.74, 6) is 0. The van der Waals surface area contributed by atoms with Crippen LogP contribution in [0.4, 0.5) is 18.9 Å². The molecule has 1 aliphatic carbocycles. The van der Waals surface area contributed by atoms with Crippen LogP contribution in [-0.4, -0.2) is 29.2 Å². The molecule has 30 heavy (non-hydrogen) atoms. The molecule has 1 saturated carbocycles. The summed E-state index contributed by atoms with van der Waals surface area (Å²) >= 11 is 0.983. The van der Waals surface area contributed by atoms with Crippen molar-refractivity contribution in [2.24, 2.45) is 7.05 Å². The van der Waals surface area contributed by atoms with Gasteiger partial charge >= 0.3 is 6.18 Å². The van der Waals surface area contributed by atoms with Gasteiger partial charge in [0.15, 0.2) is 5.65 Å². The number of halogens is 3. The quantitative estimate of drug-likeness (QED) is 0.495. The molecule has 6 nitrogen and oxygen atoms in total. The highest BCUT2D eigenvalue weighted by atomic mass is 32.2. The van der Waals surface area contributed by atoms with Crippen molar-refractivity contribution < 1.29 is 17.4 Å². The zero-order chi connectivity index (χ0) is 21.2. The van der Waals surface area contributed by atoms with Gasteiger partial charge < -0.3 is 5.73 Å². The topological polar surface area (TPSA) is 86.7 Å². The van der Waals surface area contributed by atoms with Gasteiger partial charge in [-0.25, -0.2) is 9.97 Å². The molecule has 156 valence electrons. The lowest BCUT2D eigenvalue weighted by Crippen LogP contribution is -2.23. The van der Waals surface area contributed by atoms with Crippen molar-refractivity contribution in [2.75, 3.05) is 5.73 Å². The van der Waals surface area contributed by atoms with Gasteiger partial charge in [-0.15, -0.1) is 11.3 Å². The van der Waals surface area contributed by atoms with E-state index in [1.807, 2.05) is 0 Å². The number of anilines is 1. The van der Waals surface area contributed by atoms with Gasteiger partial charge in [-0.3, -0.25) is 8.89 Å². The second-order valence-corrected chi connectivity index (χ2v) is 10.3. The summed E-state index contributed by atoms with van der Waals surface area (Å²) in [6.07, 6.45) is 1.11. The molecule has 1 aliphatic rings. The highest BCUT2D eigenvalue weighted by molar-refractivity contribution is 7.88. The van der Waals surface area contributed by atoms with Crippen LogP contribution in [0.25, 0.3) is 32.5 Å². The Morgan fingerprint density at radius 3 is 2.73 bits per heavy atom. The maximum Gasteiger partial charge on any atom is 0.417 e. The molecule has 0 amide bonds. The standard InChI is InChI=1S/C19H16F3N5OS2/c1-27-8-10-5-9(7-24-16(10)26-27)13-6-12(19(20,21)22)14-15(23)18(29-17(14)25-13)30(28)11-3-2-4-11/h5-8,11H,2-4,23H2,1H3. The Kier molecular flexibility index (Phi) is 4.37. The first-order valence-electron chi connectivity index (χ1n) is 9.23. The predicted molar refractivity (Wildman–Crippen MR) is 111 cm³/mol. The fourth-order valence-electron chi connectivity index (χ4n) is 3.53. The molecule has 0 bridgehead atoms. The van der Waals surface area contributed by atoms with Gasteiger partial charge in [0.1, 0.15) is 9.04 Å². The number of nitrogens with zero attached hydrogens (tertiary/aromatic N) is 4. The van der Waals surface area contributed by atoms with Crippen LogP contribution in [0, 0.1) is 0 Å². The van der Waals surface area contributed by atoms with E-state index in [1.165, 1.54) is 6.20 Å². The fraction of sp³-hybridized carbons (Fsp3) is 0.316. The van der Waals surface area contributed by atoms with Crippen LogP contribution in [0.15, 0.2) is 28.7 Å². The van der Waals surface area contributed by atoms with Gasteiger partial charge in [-0.05, 0) is 25.0 Å². The van der Waals surface area contributed by atoms with Gasteiger partial charge in [0.25, 0.3) is 0 Å². The van der Waals surface area contributed by atoms with Crippen molar-refractivity contribution in [3.63, 3.8) is 0 Å². The Morgan fingerprint density at radius 1 is 1.30 bits per heavy atom. The Hall–Kier alpha value is -2.53. The van der Waals surface area contributed by atoms with Gasteiger partial charge in [-0.2, -0.15) is 18.3 Å². The number of aromatic nitrogens is 4. The normalized spacial score (nSPS) is 16.3. The van der Waals surface area contributed by atoms with Crippen molar-refractivity contribution in [1.82, 2.24) is 19.7 Å². The fourth-order valence-corrected chi connectivity index (χ4v) is 6.74. The van der Waals surface area contributed by atoms with Crippen molar-refractivity contribution in [1.29, 1.82) is 0 Å². The molecule has 5 rings (SSSR count). The summed E-state index contributed by atoms with van der Waals surface area (Å²) in [6, 6.07) is 2.69. The minimum absolute atomic E-state index is 0.0497. The highest BCUT2D eigenvalue weighted by Crippen LogP contribution is 2.46. The summed E-state index contributed by atoms with van der Waals surface area (Å²) in [5, 5.41) is 4.65. The van der Waals surface area contributed by atoms with Crippen molar-refractivity contribution in [3.8, 4) is 11.3 Å². The molecule has 1 unspecified atom stereocenters. The molecule has 11 heteroatoms. The number of hydrogen-bond donors (Lipinski definition) is 1. The Bertz CT molecular complexity index is 1320. The molecule has 4 aromatic rings. The van der Waals surface area contributed by atoms with E-state index in [4.69, 9.17) is 5.73 Å².